The molecule has 0 bridgehead atoms. The van der Waals surface area contributed by atoms with Crippen LogP contribution in [0.1, 0.15) is 31.2 Å². The molecule has 1 saturated carbocycles. The van der Waals surface area contributed by atoms with Crippen molar-refractivity contribution < 1.29 is 0 Å². The summed E-state index contributed by atoms with van der Waals surface area (Å²) >= 11 is 3.56. The van der Waals surface area contributed by atoms with Crippen LogP contribution in [0.4, 0.5) is 0 Å². The van der Waals surface area contributed by atoms with E-state index in [1.54, 1.807) is 0 Å². The van der Waals surface area contributed by atoms with E-state index in [-0.39, 0.29) is 0 Å². The van der Waals surface area contributed by atoms with Crippen molar-refractivity contribution >= 4 is 15.9 Å². The Morgan fingerprint density at radius 1 is 1.25 bits per heavy atom. The Morgan fingerprint density at radius 2 is 1.94 bits per heavy atom. The van der Waals surface area contributed by atoms with E-state index in [2.05, 4.69) is 37.9 Å². The SMILES string of the molecule is BrCCN(Cc1ccncc1)C1CCCC1. The first-order valence-corrected chi connectivity index (χ1v) is 7.21. The highest BCUT2D eigenvalue weighted by atomic mass is 79.9. The zero-order chi connectivity index (χ0) is 11.2. The van der Waals surface area contributed by atoms with Crippen molar-refractivity contribution in [3.8, 4) is 0 Å². The number of pyridine rings is 1. The maximum Gasteiger partial charge on any atom is 0.0271 e. The molecule has 0 spiro atoms. The van der Waals surface area contributed by atoms with Crippen LogP contribution in [0.2, 0.25) is 0 Å². The van der Waals surface area contributed by atoms with Gasteiger partial charge in [-0.3, -0.25) is 9.88 Å². The molecule has 2 rings (SSSR count). The number of nitrogens with zero attached hydrogens (tertiary/aromatic N) is 2. The van der Waals surface area contributed by atoms with Gasteiger partial charge in [-0.2, -0.15) is 0 Å². The summed E-state index contributed by atoms with van der Waals surface area (Å²) < 4.78 is 0. The summed E-state index contributed by atoms with van der Waals surface area (Å²) in [6.07, 6.45) is 9.32. The molecule has 0 amide bonds. The van der Waals surface area contributed by atoms with Crippen LogP contribution in [0.25, 0.3) is 0 Å². The fraction of sp³-hybridized carbons (Fsp3) is 0.615. The Balaban J connectivity index is 1.96. The summed E-state index contributed by atoms with van der Waals surface area (Å²) in [5.74, 6) is 0. The smallest absolute Gasteiger partial charge is 0.0271 e. The third-order valence-corrected chi connectivity index (χ3v) is 3.70. The summed E-state index contributed by atoms with van der Waals surface area (Å²) in [6, 6.07) is 5.04. The Morgan fingerprint density at radius 3 is 2.56 bits per heavy atom. The quantitative estimate of drug-likeness (QED) is 0.771. The van der Waals surface area contributed by atoms with Gasteiger partial charge in [0.25, 0.3) is 0 Å². The van der Waals surface area contributed by atoms with E-state index in [0.29, 0.717) is 0 Å². The van der Waals surface area contributed by atoms with E-state index in [4.69, 9.17) is 0 Å². The largest absolute Gasteiger partial charge is 0.295 e. The second-order valence-corrected chi connectivity index (χ2v) is 5.25. The molecule has 0 radical (unpaired) electrons. The Labute approximate surface area is 106 Å². The average Bonchev–Trinajstić information content (AvgIpc) is 2.83. The zero-order valence-corrected chi connectivity index (χ0v) is 11.2. The third-order valence-electron chi connectivity index (χ3n) is 3.35. The molecule has 1 aliphatic carbocycles. The standard InChI is InChI=1S/C13H19BrN2/c14-7-10-16(13-3-1-2-4-13)11-12-5-8-15-9-6-12/h5-6,8-9,13H,1-4,7,10-11H2. The highest BCUT2D eigenvalue weighted by molar-refractivity contribution is 9.09. The van der Waals surface area contributed by atoms with E-state index in [0.717, 1.165) is 24.5 Å². The van der Waals surface area contributed by atoms with Crippen molar-refractivity contribution in [3.05, 3.63) is 30.1 Å². The summed E-state index contributed by atoms with van der Waals surface area (Å²) in [7, 11) is 0. The molecule has 0 aliphatic heterocycles. The van der Waals surface area contributed by atoms with Crippen molar-refractivity contribution in [2.75, 3.05) is 11.9 Å². The van der Waals surface area contributed by atoms with Gasteiger partial charge in [0.1, 0.15) is 0 Å². The van der Waals surface area contributed by atoms with Gasteiger partial charge in [0.15, 0.2) is 0 Å². The number of hydrogen-bond acceptors (Lipinski definition) is 2. The van der Waals surface area contributed by atoms with Gasteiger partial charge < -0.3 is 0 Å². The van der Waals surface area contributed by atoms with E-state index in [1.807, 2.05) is 12.4 Å². The predicted molar refractivity (Wildman–Crippen MR) is 70.7 cm³/mol. The highest BCUT2D eigenvalue weighted by Crippen LogP contribution is 2.24. The van der Waals surface area contributed by atoms with Gasteiger partial charge >= 0.3 is 0 Å². The maximum atomic E-state index is 4.07. The van der Waals surface area contributed by atoms with E-state index >= 15 is 0 Å². The van der Waals surface area contributed by atoms with Crippen LogP contribution in [0.15, 0.2) is 24.5 Å². The van der Waals surface area contributed by atoms with Gasteiger partial charge in [0.2, 0.25) is 0 Å². The molecule has 0 aromatic carbocycles. The molecule has 0 N–H and O–H groups in total. The van der Waals surface area contributed by atoms with Crippen LogP contribution in [0.3, 0.4) is 0 Å². The average molecular weight is 283 g/mol. The Hall–Kier alpha value is -0.410. The summed E-state index contributed by atoms with van der Waals surface area (Å²) in [4.78, 5) is 6.68. The second-order valence-electron chi connectivity index (χ2n) is 4.45. The molecule has 1 aromatic heterocycles. The Bertz CT molecular complexity index is 296. The van der Waals surface area contributed by atoms with Crippen LogP contribution in [-0.4, -0.2) is 27.8 Å². The fourth-order valence-corrected chi connectivity index (χ4v) is 2.95. The lowest BCUT2D eigenvalue weighted by molar-refractivity contribution is 0.202. The predicted octanol–water partition coefficient (Wildman–Crippen LogP) is 3.22. The van der Waals surface area contributed by atoms with Gasteiger partial charge in [0.05, 0.1) is 0 Å². The number of rotatable bonds is 5. The van der Waals surface area contributed by atoms with E-state index < -0.39 is 0 Å². The lowest BCUT2D eigenvalue weighted by Crippen LogP contribution is -2.34. The maximum absolute atomic E-state index is 4.07. The minimum Gasteiger partial charge on any atom is -0.295 e. The molecule has 0 atom stereocenters. The fourth-order valence-electron chi connectivity index (χ4n) is 2.49. The zero-order valence-electron chi connectivity index (χ0n) is 9.61. The van der Waals surface area contributed by atoms with Crippen molar-refractivity contribution in [1.82, 2.24) is 9.88 Å². The van der Waals surface area contributed by atoms with E-state index in [9.17, 15) is 0 Å². The van der Waals surface area contributed by atoms with Crippen molar-refractivity contribution in [3.63, 3.8) is 0 Å². The molecule has 1 fully saturated rings. The van der Waals surface area contributed by atoms with Crippen LogP contribution in [0.5, 0.6) is 0 Å². The van der Waals surface area contributed by atoms with Crippen LogP contribution < -0.4 is 0 Å². The molecule has 0 saturated heterocycles. The summed E-state index contributed by atoms with van der Waals surface area (Å²) in [5, 5.41) is 1.06. The molecule has 1 aromatic rings. The minimum absolute atomic E-state index is 0.797. The number of halogens is 1. The number of aromatic nitrogens is 1. The lowest BCUT2D eigenvalue weighted by atomic mass is 10.1. The molecular formula is C13H19BrN2. The molecule has 1 heterocycles. The van der Waals surface area contributed by atoms with Gasteiger partial charge in [-0.25, -0.2) is 0 Å². The van der Waals surface area contributed by atoms with E-state index in [1.165, 1.54) is 31.2 Å². The monoisotopic (exact) mass is 282 g/mol. The van der Waals surface area contributed by atoms with Crippen LogP contribution >= 0.6 is 15.9 Å². The molecule has 0 unspecified atom stereocenters. The normalized spacial score (nSPS) is 17.1. The van der Waals surface area contributed by atoms with Crippen LogP contribution in [0, 0.1) is 0 Å². The third kappa shape index (κ3) is 3.29. The van der Waals surface area contributed by atoms with Gasteiger partial charge in [0, 0.05) is 36.9 Å². The van der Waals surface area contributed by atoms with Gasteiger partial charge in [-0.05, 0) is 30.5 Å². The minimum atomic E-state index is 0.797. The molecule has 2 nitrogen and oxygen atoms in total. The molecule has 3 heteroatoms. The number of hydrogen-bond donors (Lipinski definition) is 0. The lowest BCUT2D eigenvalue weighted by Gasteiger charge is -2.28. The topological polar surface area (TPSA) is 16.1 Å². The molecule has 88 valence electrons. The second kappa shape index (κ2) is 6.36. The summed E-state index contributed by atoms with van der Waals surface area (Å²) in [5.41, 5.74) is 1.38. The molecule has 1 aliphatic rings. The molecular weight excluding hydrogens is 264 g/mol. The summed E-state index contributed by atoms with van der Waals surface area (Å²) in [6.45, 7) is 2.21. The molecule has 16 heavy (non-hydrogen) atoms. The van der Waals surface area contributed by atoms with Gasteiger partial charge in [-0.15, -0.1) is 0 Å². The Kier molecular flexibility index (Phi) is 4.79. The van der Waals surface area contributed by atoms with Crippen molar-refractivity contribution in [2.24, 2.45) is 0 Å². The van der Waals surface area contributed by atoms with Crippen molar-refractivity contribution in [2.45, 2.75) is 38.3 Å². The first-order chi connectivity index (χ1) is 7.90. The van der Waals surface area contributed by atoms with Gasteiger partial charge in [-0.1, -0.05) is 28.8 Å². The first kappa shape index (κ1) is 12.1. The van der Waals surface area contributed by atoms with Crippen LogP contribution in [-0.2, 0) is 6.54 Å². The van der Waals surface area contributed by atoms with Crippen molar-refractivity contribution in [1.29, 1.82) is 0 Å². The first-order valence-electron chi connectivity index (χ1n) is 6.09. The highest BCUT2D eigenvalue weighted by Gasteiger charge is 2.21. The number of alkyl halides is 1.